The third-order valence-electron chi connectivity index (χ3n) is 3.29. The van der Waals surface area contributed by atoms with Gasteiger partial charge in [0, 0.05) is 10.9 Å². The Labute approximate surface area is 134 Å². The molecule has 7 heteroatoms. The average Bonchev–Trinajstić information content (AvgIpc) is 2.98. The smallest absolute Gasteiger partial charge is 0.417 e. The third kappa shape index (κ3) is 3.29. The molecule has 0 saturated heterocycles. The number of halogens is 3. The maximum absolute atomic E-state index is 12.9. The number of carbonyl (C=O) groups is 1. The van der Waals surface area contributed by atoms with Crippen molar-refractivity contribution in [3.8, 4) is 0 Å². The Bertz CT molecular complexity index is 880. The number of amides is 1. The van der Waals surface area contributed by atoms with E-state index >= 15 is 0 Å². The van der Waals surface area contributed by atoms with Crippen molar-refractivity contribution in [2.75, 3.05) is 0 Å². The van der Waals surface area contributed by atoms with Crippen LogP contribution in [-0.4, -0.2) is 12.1 Å². The summed E-state index contributed by atoms with van der Waals surface area (Å²) in [5, 5.41) is 4.32. The normalized spacial score (nSPS) is 12.0. The second-order valence-corrected chi connectivity index (χ2v) is 4.93. The molecule has 1 aromatic heterocycles. The number of para-hydroxylation sites is 1. The Hall–Kier alpha value is -3.09. The first-order valence-corrected chi connectivity index (χ1v) is 6.93. The molecular weight excluding hydrogens is 321 g/mol. The van der Waals surface area contributed by atoms with Crippen LogP contribution in [-0.2, 0) is 6.18 Å². The van der Waals surface area contributed by atoms with Crippen LogP contribution in [0.5, 0.6) is 0 Å². The van der Waals surface area contributed by atoms with E-state index in [1.165, 1.54) is 24.3 Å². The van der Waals surface area contributed by atoms with Crippen LogP contribution < -0.4 is 5.43 Å². The molecule has 3 rings (SSSR count). The topological polar surface area (TPSA) is 54.6 Å². The number of nitrogens with zero attached hydrogens (tertiary/aromatic N) is 1. The van der Waals surface area contributed by atoms with Crippen molar-refractivity contribution >= 4 is 23.1 Å². The zero-order valence-corrected chi connectivity index (χ0v) is 12.2. The number of carbonyl (C=O) groups excluding carboxylic acids is 1. The molecule has 1 N–H and O–H groups in total. The standard InChI is InChI=1S/C17H11F3N2O2/c18-17(19,20)13-7-3-1-6-12(13)10-21-22-16(23)15-9-11-5-2-4-8-14(11)24-15/h1-10H,(H,22,23)/b21-10+. The minimum absolute atomic E-state index is 0.0254. The highest BCUT2D eigenvalue weighted by Gasteiger charge is 2.32. The summed E-state index contributed by atoms with van der Waals surface area (Å²) in [5.41, 5.74) is 1.72. The van der Waals surface area contributed by atoms with Gasteiger partial charge in [-0.1, -0.05) is 36.4 Å². The number of fused-ring (bicyclic) bond motifs is 1. The van der Waals surface area contributed by atoms with Gasteiger partial charge in [-0.2, -0.15) is 18.3 Å². The summed E-state index contributed by atoms with van der Waals surface area (Å²) in [6.45, 7) is 0. The van der Waals surface area contributed by atoms with Gasteiger partial charge in [0.25, 0.3) is 0 Å². The number of rotatable bonds is 3. The molecular formula is C17H11F3N2O2. The first-order chi connectivity index (χ1) is 11.4. The molecule has 3 aromatic rings. The minimum atomic E-state index is -4.49. The van der Waals surface area contributed by atoms with Crippen LogP contribution >= 0.6 is 0 Å². The molecule has 0 saturated carbocycles. The van der Waals surface area contributed by atoms with Gasteiger partial charge in [0.2, 0.25) is 0 Å². The van der Waals surface area contributed by atoms with E-state index in [0.29, 0.717) is 5.58 Å². The van der Waals surface area contributed by atoms with Crippen LogP contribution in [0.3, 0.4) is 0 Å². The molecule has 0 aliphatic rings. The molecule has 0 aliphatic heterocycles. The first-order valence-electron chi connectivity index (χ1n) is 6.93. The predicted molar refractivity (Wildman–Crippen MR) is 82.7 cm³/mol. The highest BCUT2D eigenvalue weighted by Crippen LogP contribution is 2.31. The van der Waals surface area contributed by atoms with Gasteiger partial charge in [-0.25, -0.2) is 5.43 Å². The summed E-state index contributed by atoms with van der Waals surface area (Å²) >= 11 is 0. The third-order valence-corrected chi connectivity index (χ3v) is 3.29. The SMILES string of the molecule is O=C(N/N=C/c1ccccc1C(F)(F)F)c1cc2ccccc2o1. The minimum Gasteiger partial charge on any atom is -0.451 e. The summed E-state index contributed by atoms with van der Waals surface area (Å²) in [7, 11) is 0. The van der Waals surface area contributed by atoms with Crippen LogP contribution in [0.25, 0.3) is 11.0 Å². The molecule has 24 heavy (non-hydrogen) atoms. The molecule has 0 unspecified atom stereocenters. The van der Waals surface area contributed by atoms with E-state index in [0.717, 1.165) is 17.7 Å². The summed E-state index contributed by atoms with van der Waals surface area (Å²) in [5.74, 6) is -0.621. The molecule has 0 bridgehead atoms. The van der Waals surface area contributed by atoms with E-state index in [9.17, 15) is 18.0 Å². The van der Waals surface area contributed by atoms with E-state index in [4.69, 9.17) is 4.42 Å². The number of alkyl halides is 3. The van der Waals surface area contributed by atoms with Crippen molar-refractivity contribution in [2.45, 2.75) is 6.18 Å². The number of nitrogens with one attached hydrogen (secondary N) is 1. The summed E-state index contributed by atoms with van der Waals surface area (Å²) < 4.78 is 43.9. The van der Waals surface area contributed by atoms with Crippen LogP contribution in [0.2, 0.25) is 0 Å². The second-order valence-electron chi connectivity index (χ2n) is 4.93. The molecule has 1 heterocycles. The van der Waals surface area contributed by atoms with Crippen molar-refractivity contribution < 1.29 is 22.4 Å². The molecule has 0 fully saturated rings. The lowest BCUT2D eigenvalue weighted by atomic mass is 10.1. The van der Waals surface area contributed by atoms with Gasteiger partial charge >= 0.3 is 12.1 Å². The quantitative estimate of drug-likeness (QED) is 0.577. The lowest BCUT2D eigenvalue weighted by Gasteiger charge is -2.09. The van der Waals surface area contributed by atoms with Crippen LogP contribution in [0.15, 0.2) is 64.1 Å². The van der Waals surface area contributed by atoms with Gasteiger partial charge in [-0.05, 0) is 18.2 Å². The molecule has 4 nitrogen and oxygen atoms in total. The average molecular weight is 332 g/mol. The van der Waals surface area contributed by atoms with Crippen molar-refractivity contribution in [3.05, 3.63) is 71.5 Å². The van der Waals surface area contributed by atoms with E-state index in [2.05, 4.69) is 10.5 Å². The summed E-state index contributed by atoms with van der Waals surface area (Å²) in [6.07, 6.45) is -3.55. The summed E-state index contributed by atoms with van der Waals surface area (Å²) in [4.78, 5) is 11.9. The van der Waals surface area contributed by atoms with Crippen LogP contribution in [0, 0.1) is 0 Å². The number of hydrogen-bond acceptors (Lipinski definition) is 3. The van der Waals surface area contributed by atoms with Crippen molar-refractivity contribution in [2.24, 2.45) is 5.10 Å². The number of hydrogen-bond donors (Lipinski definition) is 1. The molecule has 0 aliphatic carbocycles. The number of benzene rings is 2. The monoisotopic (exact) mass is 332 g/mol. The maximum Gasteiger partial charge on any atom is 0.417 e. The van der Waals surface area contributed by atoms with E-state index in [1.54, 1.807) is 24.3 Å². The first kappa shape index (κ1) is 15.8. The molecule has 0 radical (unpaired) electrons. The van der Waals surface area contributed by atoms with Gasteiger partial charge in [-0.3, -0.25) is 4.79 Å². The highest BCUT2D eigenvalue weighted by atomic mass is 19.4. The largest absolute Gasteiger partial charge is 0.451 e. The highest BCUT2D eigenvalue weighted by molar-refractivity contribution is 5.96. The zero-order chi connectivity index (χ0) is 17.2. The number of furan rings is 1. The fraction of sp³-hybridized carbons (Fsp3) is 0.0588. The van der Waals surface area contributed by atoms with Gasteiger partial charge < -0.3 is 4.42 Å². The van der Waals surface area contributed by atoms with Crippen molar-refractivity contribution in [3.63, 3.8) is 0 Å². The van der Waals surface area contributed by atoms with Gasteiger partial charge in [0.15, 0.2) is 5.76 Å². The Morgan fingerprint density at radius 1 is 1.08 bits per heavy atom. The van der Waals surface area contributed by atoms with E-state index in [-0.39, 0.29) is 11.3 Å². The second kappa shape index (κ2) is 6.19. The summed E-state index contributed by atoms with van der Waals surface area (Å²) in [6, 6.07) is 13.5. The molecule has 0 spiro atoms. The van der Waals surface area contributed by atoms with Gasteiger partial charge in [-0.15, -0.1) is 0 Å². The van der Waals surface area contributed by atoms with Crippen molar-refractivity contribution in [1.82, 2.24) is 5.43 Å². The van der Waals surface area contributed by atoms with Gasteiger partial charge in [0.1, 0.15) is 5.58 Å². The maximum atomic E-state index is 12.9. The fourth-order valence-corrected chi connectivity index (χ4v) is 2.18. The van der Waals surface area contributed by atoms with Crippen molar-refractivity contribution in [1.29, 1.82) is 0 Å². The van der Waals surface area contributed by atoms with E-state index < -0.39 is 17.6 Å². The van der Waals surface area contributed by atoms with Gasteiger partial charge in [0.05, 0.1) is 11.8 Å². The fourth-order valence-electron chi connectivity index (χ4n) is 2.18. The zero-order valence-electron chi connectivity index (χ0n) is 12.2. The Morgan fingerprint density at radius 2 is 1.79 bits per heavy atom. The molecule has 122 valence electrons. The molecule has 2 aromatic carbocycles. The van der Waals surface area contributed by atoms with Crippen LogP contribution in [0.4, 0.5) is 13.2 Å². The Kier molecular flexibility index (Phi) is 4.07. The Morgan fingerprint density at radius 3 is 2.54 bits per heavy atom. The lowest BCUT2D eigenvalue weighted by molar-refractivity contribution is -0.137. The van der Waals surface area contributed by atoms with Crippen LogP contribution in [0.1, 0.15) is 21.7 Å². The van der Waals surface area contributed by atoms with E-state index in [1.807, 2.05) is 0 Å². The molecule has 1 amide bonds. The number of hydrazone groups is 1. The lowest BCUT2D eigenvalue weighted by Crippen LogP contribution is -2.17. The Balaban J connectivity index is 1.76. The molecule has 0 atom stereocenters. The predicted octanol–water partition coefficient (Wildman–Crippen LogP) is 4.22.